The molecule has 0 saturated carbocycles. The van der Waals surface area contributed by atoms with E-state index in [1.165, 1.54) is 25.7 Å². The second kappa shape index (κ2) is 39.2. The Kier molecular flexibility index (Phi) is 42.7. The van der Waals surface area contributed by atoms with Gasteiger partial charge in [-0.15, -0.1) is 0 Å². The van der Waals surface area contributed by atoms with Gasteiger partial charge in [0, 0.05) is 38.7 Å². The van der Waals surface area contributed by atoms with E-state index in [0.29, 0.717) is 77.8 Å². The Morgan fingerprint density at radius 3 is 1.61 bits per heavy atom. The van der Waals surface area contributed by atoms with Crippen molar-refractivity contribution in [3.8, 4) is 0 Å². The van der Waals surface area contributed by atoms with Gasteiger partial charge in [0.2, 0.25) is 5.91 Å². The monoisotopic (exact) mass is 594 g/mol. The lowest BCUT2D eigenvalue weighted by atomic mass is 10.1. The first-order valence-corrected chi connectivity index (χ1v) is 16.4. The molecular formula is C32H71N3O6. The summed E-state index contributed by atoms with van der Waals surface area (Å²) in [4.78, 5) is 11.4. The summed E-state index contributed by atoms with van der Waals surface area (Å²) in [6, 6.07) is 0.521. The quantitative estimate of drug-likeness (QED) is 0.106. The number of carbonyl (C=O) groups excluding carboxylic acids is 1. The van der Waals surface area contributed by atoms with Gasteiger partial charge < -0.3 is 40.1 Å². The molecule has 0 aliphatic heterocycles. The minimum absolute atomic E-state index is 0.0571. The molecule has 250 valence electrons. The van der Waals surface area contributed by atoms with Crippen LogP contribution < -0.4 is 16.4 Å². The van der Waals surface area contributed by atoms with E-state index >= 15 is 0 Å². The van der Waals surface area contributed by atoms with Crippen molar-refractivity contribution in [2.75, 3.05) is 85.7 Å². The fourth-order valence-electron chi connectivity index (χ4n) is 3.29. The fraction of sp³-hybridized carbons (Fsp3) is 0.969. The number of unbranched alkanes of at least 4 members (excludes halogenated alkanes) is 2. The van der Waals surface area contributed by atoms with Crippen LogP contribution in [0.5, 0.6) is 0 Å². The van der Waals surface area contributed by atoms with Gasteiger partial charge in [-0.05, 0) is 31.1 Å². The van der Waals surface area contributed by atoms with E-state index in [0.717, 1.165) is 45.1 Å². The topological polar surface area (TPSA) is 113 Å². The number of amides is 1. The largest absolute Gasteiger partial charge is 0.379 e. The molecule has 0 fully saturated rings. The minimum Gasteiger partial charge on any atom is -0.379 e. The number of rotatable bonds is 28. The molecule has 0 unspecified atom stereocenters. The van der Waals surface area contributed by atoms with Crippen molar-refractivity contribution in [1.82, 2.24) is 10.6 Å². The summed E-state index contributed by atoms with van der Waals surface area (Å²) in [5, 5.41) is 6.19. The number of hydrogen-bond donors (Lipinski definition) is 3. The summed E-state index contributed by atoms with van der Waals surface area (Å²) in [5.74, 6) is 1.57. The average Bonchev–Trinajstić information content (AvgIpc) is 2.93. The molecule has 9 heteroatoms. The van der Waals surface area contributed by atoms with Crippen molar-refractivity contribution in [2.45, 2.75) is 106 Å². The summed E-state index contributed by atoms with van der Waals surface area (Å²) in [5.41, 5.74) is 5.27. The third kappa shape index (κ3) is 49.2. The molecule has 41 heavy (non-hydrogen) atoms. The maximum absolute atomic E-state index is 11.4. The maximum Gasteiger partial charge on any atom is 0.222 e. The molecule has 0 aromatic heterocycles. The van der Waals surface area contributed by atoms with Crippen LogP contribution in [0.15, 0.2) is 0 Å². The van der Waals surface area contributed by atoms with Gasteiger partial charge in [-0.25, -0.2) is 0 Å². The first kappa shape index (κ1) is 44.6. The molecule has 0 aliphatic rings. The highest BCUT2D eigenvalue weighted by Gasteiger charge is 2.01. The van der Waals surface area contributed by atoms with Gasteiger partial charge in [0.1, 0.15) is 0 Å². The van der Waals surface area contributed by atoms with Gasteiger partial charge in [-0.3, -0.25) is 4.79 Å². The van der Waals surface area contributed by atoms with E-state index in [9.17, 15) is 4.79 Å². The van der Waals surface area contributed by atoms with Crippen LogP contribution in [0.3, 0.4) is 0 Å². The molecular weight excluding hydrogens is 522 g/mol. The van der Waals surface area contributed by atoms with Crippen molar-refractivity contribution in [3.63, 3.8) is 0 Å². The molecule has 9 nitrogen and oxygen atoms in total. The van der Waals surface area contributed by atoms with Gasteiger partial charge in [-0.1, -0.05) is 74.7 Å². The van der Waals surface area contributed by atoms with E-state index < -0.39 is 0 Å². The molecule has 0 rings (SSSR count). The van der Waals surface area contributed by atoms with Crippen molar-refractivity contribution in [1.29, 1.82) is 0 Å². The third-order valence-corrected chi connectivity index (χ3v) is 5.50. The van der Waals surface area contributed by atoms with Crippen molar-refractivity contribution in [3.05, 3.63) is 0 Å². The first-order chi connectivity index (χ1) is 19.8. The van der Waals surface area contributed by atoms with Gasteiger partial charge in [0.05, 0.1) is 59.5 Å². The molecule has 0 bridgehead atoms. The van der Waals surface area contributed by atoms with E-state index in [1.807, 2.05) is 13.8 Å². The van der Waals surface area contributed by atoms with Crippen LogP contribution in [0, 0.1) is 11.8 Å². The van der Waals surface area contributed by atoms with Gasteiger partial charge in [0.25, 0.3) is 0 Å². The average molecular weight is 594 g/mol. The zero-order valence-electron chi connectivity index (χ0n) is 28.4. The van der Waals surface area contributed by atoms with Gasteiger partial charge in [-0.2, -0.15) is 0 Å². The molecule has 1 amide bonds. The molecule has 0 aromatic carbocycles. The highest BCUT2D eigenvalue weighted by Crippen LogP contribution is 2.07. The Morgan fingerprint density at radius 2 is 1.07 bits per heavy atom. The molecule has 0 spiro atoms. The molecule has 0 radical (unpaired) electrons. The van der Waals surface area contributed by atoms with Crippen LogP contribution >= 0.6 is 0 Å². The fourth-order valence-corrected chi connectivity index (χ4v) is 3.29. The Bertz CT molecular complexity index is 462. The van der Waals surface area contributed by atoms with Crippen molar-refractivity contribution < 1.29 is 28.5 Å². The lowest BCUT2D eigenvalue weighted by Gasteiger charge is -2.09. The van der Waals surface area contributed by atoms with Crippen molar-refractivity contribution >= 4 is 5.91 Å². The zero-order valence-corrected chi connectivity index (χ0v) is 28.4. The smallest absolute Gasteiger partial charge is 0.222 e. The Hall–Kier alpha value is -0.810. The summed E-state index contributed by atoms with van der Waals surface area (Å²) >= 11 is 0. The van der Waals surface area contributed by atoms with Crippen LogP contribution in [-0.2, 0) is 28.5 Å². The van der Waals surface area contributed by atoms with E-state index in [1.54, 1.807) is 0 Å². The lowest BCUT2D eigenvalue weighted by molar-refractivity contribution is -0.122. The number of nitrogens with two attached hydrogens (primary N) is 1. The standard InChI is InChI=1S/C17H37NO3.C13H28N2O3.C2H6/c1-16(2)8-6-5-7-10-19-12-14-21-15-13-20-11-9-18-17(3)4;1-12(2)4-3-7-15-13(16)5-8-17-10-11-18-9-6-14;1-2/h16-18H,5-15H2,1-4H3;12H,3-11,14H2,1-2H3,(H,15,16);1-2H3. The molecule has 0 saturated heterocycles. The molecule has 0 atom stereocenters. The number of ether oxygens (including phenoxy) is 5. The Morgan fingerprint density at radius 1 is 0.585 bits per heavy atom. The highest BCUT2D eigenvalue weighted by atomic mass is 16.5. The zero-order chi connectivity index (χ0) is 31.4. The second-order valence-electron chi connectivity index (χ2n) is 10.8. The summed E-state index contributed by atoms with van der Waals surface area (Å²) < 4.78 is 26.8. The van der Waals surface area contributed by atoms with Crippen LogP contribution in [0.2, 0.25) is 0 Å². The molecule has 0 heterocycles. The third-order valence-electron chi connectivity index (χ3n) is 5.50. The van der Waals surface area contributed by atoms with E-state index in [4.69, 9.17) is 29.4 Å². The Balaban J connectivity index is -0.000000671. The number of carbonyl (C=O) groups is 1. The highest BCUT2D eigenvalue weighted by molar-refractivity contribution is 5.75. The maximum atomic E-state index is 11.4. The van der Waals surface area contributed by atoms with E-state index in [2.05, 4.69) is 52.2 Å². The molecule has 0 aliphatic carbocycles. The number of hydrogen-bond acceptors (Lipinski definition) is 8. The predicted octanol–water partition coefficient (Wildman–Crippen LogP) is 5.20. The summed E-state index contributed by atoms with van der Waals surface area (Å²) in [6.07, 6.45) is 7.69. The molecule has 0 aromatic rings. The van der Waals surface area contributed by atoms with Crippen LogP contribution in [0.1, 0.15) is 100 Å². The normalized spacial score (nSPS) is 10.9. The van der Waals surface area contributed by atoms with Gasteiger partial charge in [0.15, 0.2) is 0 Å². The van der Waals surface area contributed by atoms with Crippen LogP contribution in [0.25, 0.3) is 0 Å². The first-order valence-electron chi connectivity index (χ1n) is 16.4. The van der Waals surface area contributed by atoms with Crippen LogP contribution in [0.4, 0.5) is 0 Å². The summed E-state index contributed by atoms with van der Waals surface area (Å²) in [6.45, 7) is 25.7. The molecule has 4 N–H and O–H groups in total. The SMILES string of the molecule is CC.CC(C)CCCCCOCCOCCOCCNC(C)C.CC(C)CCCNC(=O)CCOCCOCCN. The Labute approximate surface area is 254 Å². The predicted molar refractivity (Wildman–Crippen MR) is 173 cm³/mol. The van der Waals surface area contributed by atoms with Gasteiger partial charge >= 0.3 is 0 Å². The summed E-state index contributed by atoms with van der Waals surface area (Å²) in [7, 11) is 0. The second-order valence-corrected chi connectivity index (χ2v) is 10.8. The number of nitrogens with one attached hydrogen (secondary N) is 2. The van der Waals surface area contributed by atoms with E-state index in [-0.39, 0.29) is 5.91 Å². The lowest BCUT2D eigenvalue weighted by Crippen LogP contribution is -2.27. The van der Waals surface area contributed by atoms with Crippen molar-refractivity contribution in [2.24, 2.45) is 17.6 Å². The minimum atomic E-state index is 0.0571. The van der Waals surface area contributed by atoms with Crippen LogP contribution in [-0.4, -0.2) is 97.7 Å².